The van der Waals surface area contributed by atoms with Crippen LogP contribution < -0.4 is 0 Å². The Hall–Kier alpha value is -0.610. The van der Waals surface area contributed by atoms with Crippen molar-refractivity contribution in [3.8, 4) is 0 Å². The number of hydrogen-bond acceptors (Lipinski definition) is 3. The van der Waals surface area contributed by atoms with E-state index in [9.17, 15) is 4.79 Å². The van der Waals surface area contributed by atoms with Crippen molar-refractivity contribution in [1.82, 2.24) is 4.90 Å². The Labute approximate surface area is 77.8 Å². The molecule has 1 atom stereocenters. The van der Waals surface area contributed by atoms with Gasteiger partial charge < -0.3 is 14.4 Å². The minimum absolute atomic E-state index is 0.110. The van der Waals surface area contributed by atoms with E-state index in [1.165, 1.54) is 0 Å². The SMILES string of the molecule is COC1(C(=O)N2CCC2)CCOC1. The normalized spacial score (nSPS) is 33.2. The third-order valence-corrected chi connectivity index (χ3v) is 2.91. The Kier molecular flexibility index (Phi) is 2.26. The van der Waals surface area contributed by atoms with Gasteiger partial charge in [-0.05, 0) is 6.42 Å². The van der Waals surface area contributed by atoms with Gasteiger partial charge in [-0.15, -0.1) is 0 Å². The Balaban J connectivity index is 2.05. The van der Waals surface area contributed by atoms with Gasteiger partial charge in [-0.2, -0.15) is 0 Å². The lowest BCUT2D eigenvalue weighted by atomic mass is 9.99. The predicted molar refractivity (Wildman–Crippen MR) is 46.4 cm³/mol. The predicted octanol–water partition coefficient (Wildman–Crippen LogP) is 0.0242. The fourth-order valence-electron chi connectivity index (χ4n) is 1.77. The van der Waals surface area contributed by atoms with Crippen LogP contribution in [-0.4, -0.2) is 49.8 Å². The molecular formula is C9H15NO3. The molecule has 0 spiro atoms. The van der Waals surface area contributed by atoms with Crippen molar-refractivity contribution in [3.63, 3.8) is 0 Å². The maximum atomic E-state index is 11.9. The van der Waals surface area contributed by atoms with Crippen LogP contribution in [0, 0.1) is 0 Å². The molecule has 0 aromatic heterocycles. The van der Waals surface area contributed by atoms with Gasteiger partial charge in [-0.3, -0.25) is 4.79 Å². The maximum absolute atomic E-state index is 11.9. The molecule has 2 fully saturated rings. The second-order valence-electron chi connectivity index (χ2n) is 3.65. The smallest absolute Gasteiger partial charge is 0.257 e. The summed E-state index contributed by atoms with van der Waals surface area (Å²) in [6, 6.07) is 0. The van der Waals surface area contributed by atoms with Gasteiger partial charge in [0.1, 0.15) is 0 Å². The van der Waals surface area contributed by atoms with E-state index < -0.39 is 5.60 Å². The van der Waals surface area contributed by atoms with E-state index in [4.69, 9.17) is 9.47 Å². The monoisotopic (exact) mass is 185 g/mol. The minimum Gasteiger partial charge on any atom is -0.378 e. The fourth-order valence-corrected chi connectivity index (χ4v) is 1.77. The van der Waals surface area contributed by atoms with Gasteiger partial charge in [-0.1, -0.05) is 0 Å². The lowest BCUT2D eigenvalue weighted by Gasteiger charge is -2.37. The van der Waals surface area contributed by atoms with Crippen LogP contribution >= 0.6 is 0 Å². The third-order valence-electron chi connectivity index (χ3n) is 2.91. The Bertz CT molecular complexity index is 207. The largest absolute Gasteiger partial charge is 0.378 e. The lowest BCUT2D eigenvalue weighted by molar-refractivity contribution is -0.158. The van der Waals surface area contributed by atoms with Crippen LogP contribution in [0.3, 0.4) is 0 Å². The lowest BCUT2D eigenvalue weighted by Crippen LogP contribution is -2.55. The fraction of sp³-hybridized carbons (Fsp3) is 0.889. The zero-order valence-corrected chi connectivity index (χ0v) is 7.91. The van der Waals surface area contributed by atoms with Crippen LogP contribution in [0.25, 0.3) is 0 Å². The van der Waals surface area contributed by atoms with Crippen molar-refractivity contribution in [2.24, 2.45) is 0 Å². The van der Waals surface area contributed by atoms with E-state index in [-0.39, 0.29) is 5.91 Å². The summed E-state index contributed by atoms with van der Waals surface area (Å²) >= 11 is 0. The number of nitrogens with zero attached hydrogens (tertiary/aromatic N) is 1. The van der Waals surface area contributed by atoms with Gasteiger partial charge in [0, 0.05) is 26.6 Å². The van der Waals surface area contributed by atoms with Gasteiger partial charge in [-0.25, -0.2) is 0 Å². The molecule has 2 aliphatic rings. The first-order chi connectivity index (χ1) is 6.28. The number of ether oxygens (including phenoxy) is 2. The topological polar surface area (TPSA) is 38.8 Å². The van der Waals surface area contributed by atoms with Gasteiger partial charge in [0.2, 0.25) is 0 Å². The second kappa shape index (κ2) is 3.27. The van der Waals surface area contributed by atoms with Crippen molar-refractivity contribution >= 4 is 5.91 Å². The Morgan fingerprint density at radius 1 is 1.54 bits per heavy atom. The van der Waals surface area contributed by atoms with Crippen molar-refractivity contribution in [2.75, 3.05) is 33.4 Å². The molecule has 13 heavy (non-hydrogen) atoms. The molecule has 4 nitrogen and oxygen atoms in total. The molecular weight excluding hydrogens is 170 g/mol. The van der Waals surface area contributed by atoms with E-state index >= 15 is 0 Å². The summed E-state index contributed by atoms with van der Waals surface area (Å²) in [6.45, 7) is 2.81. The van der Waals surface area contributed by atoms with Crippen LogP contribution in [0.2, 0.25) is 0 Å². The standard InChI is InChI=1S/C9H15NO3/c1-12-9(3-6-13-7-9)8(11)10-4-2-5-10/h2-7H2,1H3. The summed E-state index contributed by atoms with van der Waals surface area (Å²) in [5, 5.41) is 0. The molecule has 0 radical (unpaired) electrons. The average molecular weight is 185 g/mol. The number of amides is 1. The highest BCUT2D eigenvalue weighted by Crippen LogP contribution is 2.26. The first-order valence-corrected chi connectivity index (χ1v) is 4.71. The van der Waals surface area contributed by atoms with E-state index in [0.29, 0.717) is 19.6 Å². The Morgan fingerprint density at radius 2 is 2.31 bits per heavy atom. The van der Waals surface area contributed by atoms with E-state index in [2.05, 4.69) is 0 Å². The molecule has 0 aliphatic carbocycles. The zero-order chi connectivity index (χ0) is 9.31. The maximum Gasteiger partial charge on any atom is 0.257 e. The molecule has 4 heteroatoms. The van der Waals surface area contributed by atoms with E-state index in [0.717, 1.165) is 19.5 Å². The molecule has 1 unspecified atom stereocenters. The number of hydrogen-bond donors (Lipinski definition) is 0. The summed E-state index contributed by atoms with van der Waals surface area (Å²) < 4.78 is 10.5. The van der Waals surface area contributed by atoms with Crippen LogP contribution in [-0.2, 0) is 14.3 Å². The molecule has 2 heterocycles. The van der Waals surface area contributed by atoms with Gasteiger partial charge in [0.15, 0.2) is 5.60 Å². The summed E-state index contributed by atoms with van der Waals surface area (Å²) in [5.41, 5.74) is -0.666. The molecule has 2 aliphatic heterocycles. The average Bonchev–Trinajstić information content (AvgIpc) is 2.49. The van der Waals surface area contributed by atoms with Crippen LogP contribution in [0.1, 0.15) is 12.8 Å². The van der Waals surface area contributed by atoms with Crippen molar-refractivity contribution in [1.29, 1.82) is 0 Å². The molecule has 2 saturated heterocycles. The number of methoxy groups -OCH3 is 1. The van der Waals surface area contributed by atoms with Crippen LogP contribution in [0.15, 0.2) is 0 Å². The summed E-state index contributed by atoms with van der Waals surface area (Å²) in [4.78, 5) is 13.7. The summed E-state index contributed by atoms with van der Waals surface area (Å²) in [5.74, 6) is 0.110. The van der Waals surface area contributed by atoms with E-state index in [1.54, 1.807) is 7.11 Å². The summed E-state index contributed by atoms with van der Waals surface area (Å²) in [6.07, 6.45) is 1.81. The van der Waals surface area contributed by atoms with Gasteiger partial charge in [0.05, 0.1) is 13.2 Å². The molecule has 2 rings (SSSR count). The number of carbonyl (C=O) groups is 1. The number of carbonyl (C=O) groups excluding carboxylic acids is 1. The highest BCUT2D eigenvalue weighted by atomic mass is 16.6. The number of likely N-dealkylation sites (tertiary alicyclic amines) is 1. The number of rotatable bonds is 2. The van der Waals surface area contributed by atoms with Crippen molar-refractivity contribution in [2.45, 2.75) is 18.4 Å². The van der Waals surface area contributed by atoms with Crippen LogP contribution in [0.4, 0.5) is 0 Å². The molecule has 0 N–H and O–H groups in total. The molecule has 0 bridgehead atoms. The first-order valence-electron chi connectivity index (χ1n) is 4.71. The van der Waals surface area contributed by atoms with Gasteiger partial charge >= 0.3 is 0 Å². The zero-order valence-electron chi connectivity index (χ0n) is 7.91. The summed E-state index contributed by atoms with van der Waals surface area (Å²) in [7, 11) is 1.59. The first kappa shape index (κ1) is 8.97. The molecule has 0 aromatic carbocycles. The van der Waals surface area contributed by atoms with Crippen LogP contribution in [0.5, 0.6) is 0 Å². The molecule has 1 amide bonds. The molecule has 0 aromatic rings. The third kappa shape index (κ3) is 1.34. The highest BCUT2D eigenvalue weighted by Gasteiger charge is 2.46. The Morgan fingerprint density at radius 3 is 2.69 bits per heavy atom. The highest BCUT2D eigenvalue weighted by molar-refractivity contribution is 5.86. The van der Waals surface area contributed by atoms with Crippen molar-refractivity contribution < 1.29 is 14.3 Å². The quantitative estimate of drug-likeness (QED) is 0.609. The molecule has 74 valence electrons. The van der Waals surface area contributed by atoms with E-state index in [1.807, 2.05) is 4.90 Å². The second-order valence-corrected chi connectivity index (χ2v) is 3.65. The van der Waals surface area contributed by atoms with Crippen molar-refractivity contribution in [3.05, 3.63) is 0 Å². The minimum atomic E-state index is -0.666. The molecule has 0 saturated carbocycles. The van der Waals surface area contributed by atoms with Gasteiger partial charge in [0.25, 0.3) is 5.91 Å².